The summed E-state index contributed by atoms with van der Waals surface area (Å²) < 4.78 is 30.0. The quantitative estimate of drug-likeness (QED) is 0.482. The molecule has 3 aliphatic rings. The molecule has 192 valence electrons. The van der Waals surface area contributed by atoms with E-state index < -0.39 is 15.9 Å². The Morgan fingerprint density at radius 1 is 1.08 bits per heavy atom. The van der Waals surface area contributed by atoms with E-state index in [1.54, 1.807) is 6.07 Å². The Hall–Kier alpha value is -2.79. The van der Waals surface area contributed by atoms with Gasteiger partial charge < -0.3 is 4.90 Å². The second-order valence-corrected chi connectivity index (χ2v) is 12.6. The molecule has 0 unspecified atom stereocenters. The molecule has 1 saturated heterocycles. The highest BCUT2D eigenvalue weighted by Crippen LogP contribution is 2.38. The number of thiazole rings is 1. The predicted molar refractivity (Wildman–Crippen MR) is 146 cm³/mol. The Kier molecular flexibility index (Phi) is 6.52. The largest absolute Gasteiger partial charge is 0.328 e. The summed E-state index contributed by atoms with van der Waals surface area (Å²) >= 11 is 7.99. The number of fused-ring (bicyclic) bond motifs is 4. The first-order chi connectivity index (χ1) is 17.9. The van der Waals surface area contributed by atoms with Gasteiger partial charge in [-0.1, -0.05) is 48.4 Å². The van der Waals surface area contributed by atoms with Crippen molar-refractivity contribution in [1.29, 1.82) is 0 Å². The van der Waals surface area contributed by atoms with E-state index in [4.69, 9.17) is 11.6 Å². The Bertz CT molecular complexity index is 1500. The SMILES string of the molecule is O=C(Nc1nc2c(s1)CN(Cc1ccccc1)CC2)c1cc2c(cc1Cl)N1CCCCCC1=NS2(=O)=O. The molecule has 3 aromatic rings. The summed E-state index contributed by atoms with van der Waals surface area (Å²) in [6.07, 6.45) is 4.27. The van der Waals surface area contributed by atoms with Crippen molar-refractivity contribution in [3.63, 3.8) is 0 Å². The molecule has 6 rings (SSSR count). The Balaban J connectivity index is 1.22. The number of carbonyl (C=O) groups excluding carboxylic acids is 1. The number of hydrogen-bond donors (Lipinski definition) is 1. The molecule has 0 spiro atoms. The fourth-order valence-corrected chi connectivity index (χ4v) is 7.67. The average Bonchev–Trinajstić information content (AvgIpc) is 3.11. The van der Waals surface area contributed by atoms with E-state index in [9.17, 15) is 13.2 Å². The standard InChI is InChI=1S/C26H26ClN5O3S2/c27-19-14-21-23(37(34,35)30-24-9-5-2-6-11-32(21)24)13-18(19)25(33)29-26-28-20-10-12-31(16-22(20)36-26)15-17-7-3-1-4-8-17/h1,3-4,7-8,13-14H,2,5-6,9-12,15-16H2,(H,28,29,33). The van der Waals surface area contributed by atoms with Gasteiger partial charge in [-0.25, -0.2) is 4.98 Å². The number of halogens is 1. The van der Waals surface area contributed by atoms with E-state index in [0.29, 0.717) is 29.6 Å². The summed E-state index contributed by atoms with van der Waals surface area (Å²) in [5.74, 6) is 0.0637. The number of hydrogen-bond acceptors (Lipinski definition) is 7. The number of amidine groups is 1. The number of carbonyl (C=O) groups is 1. The molecular formula is C26H26ClN5O3S2. The van der Waals surface area contributed by atoms with Crippen LogP contribution in [0.4, 0.5) is 10.8 Å². The zero-order valence-electron chi connectivity index (χ0n) is 20.1. The maximum Gasteiger partial charge on any atom is 0.286 e. The van der Waals surface area contributed by atoms with Gasteiger partial charge in [0.2, 0.25) is 0 Å². The summed E-state index contributed by atoms with van der Waals surface area (Å²) in [5.41, 5.74) is 2.84. The number of nitrogens with one attached hydrogen (secondary N) is 1. The summed E-state index contributed by atoms with van der Waals surface area (Å²) in [4.78, 5) is 23.3. The van der Waals surface area contributed by atoms with Crippen LogP contribution in [0, 0.1) is 0 Å². The normalized spacial score (nSPS) is 18.7. The van der Waals surface area contributed by atoms with Gasteiger partial charge in [-0.15, -0.1) is 15.7 Å². The highest BCUT2D eigenvalue weighted by atomic mass is 35.5. The van der Waals surface area contributed by atoms with Crippen molar-refractivity contribution in [3.8, 4) is 0 Å². The minimum Gasteiger partial charge on any atom is -0.328 e. The molecule has 0 aliphatic carbocycles. The van der Waals surface area contributed by atoms with Gasteiger partial charge >= 0.3 is 0 Å². The van der Waals surface area contributed by atoms with Gasteiger partial charge in [0.05, 0.1) is 22.0 Å². The van der Waals surface area contributed by atoms with Gasteiger partial charge in [0.15, 0.2) is 5.13 Å². The minimum absolute atomic E-state index is 0.0164. The van der Waals surface area contributed by atoms with Gasteiger partial charge in [-0.2, -0.15) is 8.42 Å². The van der Waals surface area contributed by atoms with Crippen LogP contribution in [-0.2, 0) is 29.5 Å². The first-order valence-electron chi connectivity index (χ1n) is 12.4. The molecular weight excluding hydrogens is 530 g/mol. The van der Waals surface area contributed by atoms with E-state index in [-0.39, 0.29) is 15.5 Å². The minimum atomic E-state index is -3.92. The van der Waals surface area contributed by atoms with E-state index in [1.807, 2.05) is 23.1 Å². The van der Waals surface area contributed by atoms with Crippen LogP contribution in [-0.4, -0.2) is 43.1 Å². The van der Waals surface area contributed by atoms with Crippen LogP contribution in [0.15, 0.2) is 51.8 Å². The molecule has 3 aliphatic heterocycles. The third-order valence-electron chi connectivity index (χ3n) is 6.96. The Labute approximate surface area is 225 Å². The first-order valence-corrected chi connectivity index (χ1v) is 15.0. The third-order valence-corrected chi connectivity index (χ3v) is 9.61. The average molecular weight is 556 g/mol. The first kappa shape index (κ1) is 24.5. The molecule has 0 radical (unpaired) electrons. The van der Waals surface area contributed by atoms with Crippen molar-refractivity contribution in [2.45, 2.75) is 50.1 Å². The number of sulfonamides is 1. The molecule has 4 heterocycles. The summed E-state index contributed by atoms with van der Waals surface area (Å²) in [6.45, 7) is 3.20. The zero-order chi connectivity index (χ0) is 25.6. The molecule has 0 atom stereocenters. The lowest BCUT2D eigenvalue weighted by Crippen LogP contribution is -2.35. The maximum atomic E-state index is 13.2. The van der Waals surface area contributed by atoms with Gasteiger partial charge in [-0.3, -0.25) is 15.0 Å². The van der Waals surface area contributed by atoms with Crippen molar-refractivity contribution in [2.24, 2.45) is 4.40 Å². The summed E-state index contributed by atoms with van der Waals surface area (Å²) in [7, 11) is -3.92. The van der Waals surface area contributed by atoms with E-state index in [2.05, 4.69) is 31.7 Å². The van der Waals surface area contributed by atoms with Gasteiger partial charge in [-0.05, 0) is 30.5 Å². The monoisotopic (exact) mass is 555 g/mol. The molecule has 2 aromatic carbocycles. The van der Waals surface area contributed by atoms with E-state index in [1.165, 1.54) is 23.0 Å². The van der Waals surface area contributed by atoms with Crippen molar-refractivity contribution >= 4 is 55.5 Å². The highest BCUT2D eigenvalue weighted by molar-refractivity contribution is 7.90. The maximum absolute atomic E-state index is 13.2. The molecule has 1 aromatic heterocycles. The molecule has 37 heavy (non-hydrogen) atoms. The smallest absolute Gasteiger partial charge is 0.286 e. The number of rotatable bonds is 4. The van der Waals surface area contributed by atoms with Crippen molar-refractivity contribution < 1.29 is 13.2 Å². The second kappa shape index (κ2) is 9.83. The van der Waals surface area contributed by atoms with Crippen LogP contribution in [0.25, 0.3) is 0 Å². The van der Waals surface area contributed by atoms with Gasteiger partial charge in [0.1, 0.15) is 10.7 Å². The number of aromatic nitrogens is 1. The van der Waals surface area contributed by atoms with Crippen LogP contribution >= 0.6 is 22.9 Å². The van der Waals surface area contributed by atoms with E-state index in [0.717, 1.165) is 55.9 Å². The molecule has 1 amide bonds. The fraction of sp³-hybridized carbons (Fsp3) is 0.346. The zero-order valence-corrected chi connectivity index (χ0v) is 22.5. The number of anilines is 2. The topological polar surface area (TPSA) is 95.0 Å². The van der Waals surface area contributed by atoms with Crippen LogP contribution in [0.5, 0.6) is 0 Å². The molecule has 1 N–H and O–H groups in total. The molecule has 1 fully saturated rings. The highest BCUT2D eigenvalue weighted by Gasteiger charge is 2.33. The van der Waals surface area contributed by atoms with Crippen LogP contribution < -0.4 is 10.2 Å². The van der Waals surface area contributed by atoms with Crippen LogP contribution in [0.3, 0.4) is 0 Å². The molecule has 0 saturated carbocycles. The van der Waals surface area contributed by atoms with Gasteiger partial charge in [0, 0.05) is 43.9 Å². The van der Waals surface area contributed by atoms with Crippen LogP contribution in [0.2, 0.25) is 5.02 Å². The van der Waals surface area contributed by atoms with Crippen molar-refractivity contribution in [1.82, 2.24) is 9.88 Å². The molecule has 11 heteroatoms. The fourth-order valence-electron chi connectivity index (χ4n) is 5.11. The lowest BCUT2D eigenvalue weighted by atomic mass is 10.1. The summed E-state index contributed by atoms with van der Waals surface area (Å²) in [5, 5.41) is 3.53. The lowest BCUT2D eigenvalue weighted by Gasteiger charge is -2.30. The third kappa shape index (κ3) is 4.90. The van der Waals surface area contributed by atoms with Crippen molar-refractivity contribution in [3.05, 3.63) is 69.2 Å². The number of amides is 1. The molecule has 8 nitrogen and oxygen atoms in total. The van der Waals surface area contributed by atoms with Crippen molar-refractivity contribution in [2.75, 3.05) is 23.3 Å². The second-order valence-electron chi connectivity index (χ2n) is 9.53. The number of benzene rings is 2. The lowest BCUT2D eigenvalue weighted by molar-refractivity contribution is 0.102. The predicted octanol–water partition coefficient (Wildman–Crippen LogP) is 5.09. The summed E-state index contributed by atoms with van der Waals surface area (Å²) in [6, 6.07) is 13.3. The Morgan fingerprint density at radius 3 is 2.76 bits per heavy atom. The van der Waals surface area contributed by atoms with Gasteiger partial charge in [0.25, 0.3) is 15.9 Å². The van der Waals surface area contributed by atoms with Crippen LogP contribution in [0.1, 0.15) is 52.2 Å². The number of nitrogens with zero attached hydrogens (tertiary/aromatic N) is 4. The Morgan fingerprint density at radius 2 is 1.92 bits per heavy atom. The van der Waals surface area contributed by atoms with E-state index >= 15 is 0 Å². The molecule has 0 bridgehead atoms.